The number of benzene rings is 2. The Morgan fingerprint density at radius 2 is 1.70 bits per heavy atom. The molecule has 0 spiro atoms. The van der Waals surface area contributed by atoms with Crippen molar-refractivity contribution < 1.29 is 38.8 Å². The van der Waals surface area contributed by atoms with Gasteiger partial charge in [0.2, 0.25) is 16.5 Å². The zero-order valence-corrected chi connectivity index (χ0v) is 17.1. The maximum atomic E-state index is 12.5. The number of hydrogen-bond acceptors (Lipinski definition) is 7. The Kier molecular flexibility index (Phi) is 5.56. The van der Waals surface area contributed by atoms with Gasteiger partial charge in [-0.3, -0.25) is 9.36 Å². The summed E-state index contributed by atoms with van der Waals surface area (Å²) in [4.78, 5) is 32.0. The average Bonchev–Trinajstić information content (AvgIpc) is 2.69. The van der Waals surface area contributed by atoms with Crippen LogP contribution in [0.3, 0.4) is 0 Å². The Morgan fingerprint density at radius 3 is 2.30 bits per heavy atom. The van der Waals surface area contributed by atoms with Crippen LogP contribution in [0.2, 0.25) is 0 Å². The van der Waals surface area contributed by atoms with Gasteiger partial charge in [0, 0.05) is 11.6 Å². The van der Waals surface area contributed by atoms with Crippen LogP contribution in [-0.4, -0.2) is 30.4 Å². The largest absolute Gasteiger partial charge is 0.508 e. The highest BCUT2D eigenvalue weighted by molar-refractivity contribution is 7.53. The predicted molar refractivity (Wildman–Crippen MR) is 109 cm³/mol. The fourth-order valence-corrected chi connectivity index (χ4v) is 4.22. The molecule has 1 heterocycles. The number of fused-ring (bicyclic) bond motifs is 1. The molecule has 30 heavy (non-hydrogen) atoms. The average molecular weight is 436 g/mol. The molecule has 0 atom stereocenters. The zero-order valence-electron chi connectivity index (χ0n) is 16.2. The number of phenolic OH excluding ortho intramolecular Hbond substituents is 2. The highest BCUT2D eigenvalue weighted by Gasteiger charge is 2.47. The van der Waals surface area contributed by atoms with E-state index in [1.807, 2.05) is 0 Å². The summed E-state index contributed by atoms with van der Waals surface area (Å²) in [5.74, 6) is -1.74. The van der Waals surface area contributed by atoms with Crippen molar-refractivity contribution in [2.24, 2.45) is 0 Å². The molecule has 0 saturated carbocycles. The van der Waals surface area contributed by atoms with Crippen LogP contribution in [0.4, 0.5) is 0 Å². The van der Waals surface area contributed by atoms with Crippen molar-refractivity contribution in [3.63, 3.8) is 0 Å². The molecule has 0 fully saturated rings. The van der Waals surface area contributed by atoms with Gasteiger partial charge in [0.05, 0.1) is 5.39 Å². The molecule has 2 aromatic carbocycles. The summed E-state index contributed by atoms with van der Waals surface area (Å²) in [6, 6.07) is 7.53. The van der Waals surface area contributed by atoms with Crippen LogP contribution in [-0.2, 0) is 4.57 Å². The van der Waals surface area contributed by atoms with Crippen molar-refractivity contribution in [1.82, 2.24) is 0 Å². The maximum Gasteiger partial charge on any atom is 0.368 e. The zero-order chi connectivity index (χ0) is 22.3. The van der Waals surface area contributed by atoms with E-state index in [1.54, 1.807) is 13.8 Å². The molecule has 0 radical (unpaired) electrons. The van der Waals surface area contributed by atoms with Crippen LogP contribution in [0.1, 0.15) is 26.7 Å². The van der Waals surface area contributed by atoms with Crippen molar-refractivity contribution in [3.05, 3.63) is 46.6 Å². The first-order valence-electron chi connectivity index (χ1n) is 9.10. The first-order chi connectivity index (χ1) is 14.0. The molecule has 5 N–H and O–H groups in total. The van der Waals surface area contributed by atoms with Gasteiger partial charge in [0.1, 0.15) is 11.3 Å². The third-order valence-corrected chi connectivity index (χ3v) is 6.80. The standard InChI is InChI=1S/C20H21O9P/c1-3-20(4-2,30(25,26)27)29-16-9-11(5-8-14(16)22)19-18(24)17(23)13-7-6-12(21)10-15(13)28-19/h5-10,21-22,24H,3-4H2,1-2H3,(H2,25,26,27). The molecule has 0 aliphatic carbocycles. The Hall–Kier alpha value is -3.00. The molecule has 0 aliphatic rings. The van der Waals surface area contributed by atoms with Gasteiger partial charge in [-0.15, -0.1) is 0 Å². The van der Waals surface area contributed by atoms with Gasteiger partial charge in [-0.05, 0) is 43.2 Å². The number of phenols is 2. The lowest BCUT2D eigenvalue weighted by atomic mass is 10.1. The molecule has 0 saturated heterocycles. The normalized spacial score (nSPS) is 12.3. The van der Waals surface area contributed by atoms with E-state index in [-0.39, 0.29) is 46.6 Å². The smallest absolute Gasteiger partial charge is 0.368 e. The lowest BCUT2D eigenvalue weighted by Crippen LogP contribution is -2.34. The summed E-state index contributed by atoms with van der Waals surface area (Å²) < 4.78 is 23.2. The Morgan fingerprint density at radius 1 is 1.03 bits per heavy atom. The number of ether oxygens (including phenoxy) is 1. The molecule has 0 amide bonds. The lowest BCUT2D eigenvalue weighted by Gasteiger charge is -2.33. The van der Waals surface area contributed by atoms with E-state index in [0.29, 0.717) is 0 Å². The van der Waals surface area contributed by atoms with E-state index < -0.39 is 29.9 Å². The van der Waals surface area contributed by atoms with Crippen molar-refractivity contribution >= 4 is 18.6 Å². The van der Waals surface area contributed by atoms with Crippen LogP contribution >= 0.6 is 7.60 Å². The highest BCUT2D eigenvalue weighted by Crippen LogP contribution is 2.56. The molecule has 0 aliphatic heterocycles. The Balaban J connectivity index is 2.18. The van der Waals surface area contributed by atoms with Gasteiger partial charge < -0.3 is 34.3 Å². The van der Waals surface area contributed by atoms with Gasteiger partial charge in [-0.25, -0.2) is 0 Å². The Labute approximate surface area is 171 Å². The van der Waals surface area contributed by atoms with E-state index in [0.717, 1.165) is 0 Å². The van der Waals surface area contributed by atoms with Crippen LogP contribution in [0, 0.1) is 0 Å². The SMILES string of the molecule is CCC(CC)(Oc1cc(-c2oc3cc(O)ccc3c(=O)c2O)ccc1O)P(=O)(O)O. The second kappa shape index (κ2) is 7.68. The number of hydrogen-bond donors (Lipinski definition) is 5. The molecule has 1 aromatic heterocycles. The van der Waals surface area contributed by atoms with Crippen molar-refractivity contribution in [3.8, 4) is 34.3 Å². The molecule has 9 nitrogen and oxygen atoms in total. The van der Waals surface area contributed by atoms with Crippen LogP contribution in [0.15, 0.2) is 45.6 Å². The first kappa shape index (κ1) is 21.7. The van der Waals surface area contributed by atoms with Gasteiger partial charge in [0.25, 0.3) is 0 Å². The summed E-state index contributed by atoms with van der Waals surface area (Å²) in [5, 5.41) is 28.3. The minimum Gasteiger partial charge on any atom is -0.508 e. The van der Waals surface area contributed by atoms with E-state index in [1.165, 1.54) is 36.4 Å². The molecular weight excluding hydrogens is 415 g/mol. The summed E-state index contributed by atoms with van der Waals surface area (Å²) >= 11 is 0. The van der Waals surface area contributed by atoms with Gasteiger partial charge in [-0.2, -0.15) is 0 Å². The number of aromatic hydroxyl groups is 3. The molecule has 3 rings (SSSR count). The third kappa shape index (κ3) is 3.63. The highest BCUT2D eigenvalue weighted by atomic mass is 31.2. The second-order valence-corrected chi connectivity index (χ2v) is 8.67. The van der Waals surface area contributed by atoms with Gasteiger partial charge >= 0.3 is 7.60 Å². The van der Waals surface area contributed by atoms with E-state index in [4.69, 9.17) is 9.15 Å². The van der Waals surface area contributed by atoms with Crippen LogP contribution < -0.4 is 10.2 Å². The predicted octanol–water partition coefficient (Wildman–Crippen LogP) is 3.65. The topological polar surface area (TPSA) is 158 Å². The fourth-order valence-electron chi connectivity index (χ4n) is 3.18. The molecule has 10 heteroatoms. The Bertz CT molecular complexity index is 1200. The van der Waals surface area contributed by atoms with Crippen molar-refractivity contribution in [2.45, 2.75) is 32.0 Å². The fraction of sp³-hybridized carbons (Fsp3) is 0.250. The second-order valence-electron chi connectivity index (χ2n) is 6.77. The monoisotopic (exact) mass is 436 g/mol. The van der Waals surface area contributed by atoms with Crippen molar-refractivity contribution in [2.75, 3.05) is 0 Å². The quantitative estimate of drug-likeness (QED) is 0.364. The molecule has 160 valence electrons. The first-order valence-corrected chi connectivity index (χ1v) is 10.7. The van der Waals surface area contributed by atoms with Gasteiger partial charge in [0.15, 0.2) is 17.3 Å². The third-order valence-electron chi connectivity index (χ3n) is 5.01. The number of rotatable bonds is 6. The van der Waals surface area contributed by atoms with Crippen LogP contribution in [0.5, 0.6) is 23.0 Å². The minimum atomic E-state index is -4.72. The summed E-state index contributed by atoms with van der Waals surface area (Å²) in [6.45, 7) is 3.09. The van der Waals surface area contributed by atoms with Crippen molar-refractivity contribution in [1.29, 1.82) is 0 Å². The van der Waals surface area contributed by atoms with E-state index in [9.17, 15) is 34.5 Å². The summed E-state index contributed by atoms with van der Waals surface area (Å²) in [5.41, 5.74) is -0.585. The minimum absolute atomic E-state index is 0.0232. The molecular formula is C20H21O9P. The molecule has 0 unspecified atom stereocenters. The maximum absolute atomic E-state index is 12.5. The molecule has 3 aromatic rings. The van der Waals surface area contributed by atoms with E-state index >= 15 is 0 Å². The van der Waals surface area contributed by atoms with E-state index in [2.05, 4.69) is 0 Å². The van der Waals surface area contributed by atoms with Gasteiger partial charge in [-0.1, -0.05) is 13.8 Å². The van der Waals surface area contributed by atoms with Crippen LogP contribution in [0.25, 0.3) is 22.3 Å². The molecule has 0 bridgehead atoms. The summed E-state index contributed by atoms with van der Waals surface area (Å²) in [7, 11) is -4.72. The lowest BCUT2D eigenvalue weighted by molar-refractivity contribution is 0.105. The summed E-state index contributed by atoms with van der Waals surface area (Å²) in [6.07, 6.45) is -0.0694.